The third kappa shape index (κ3) is 6.25. The van der Waals surface area contributed by atoms with Gasteiger partial charge >= 0.3 is 0 Å². The molecule has 0 aliphatic carbocycles. The molecule has 0 fully saturated rings. The topological polar surface area (TPSA) is 12.0 Å². The maximum Gasteiger partial charge on any atom is 0.104 e. The quantitative estimate of drug-likeness (QED) is 0.676. The monoisotopic (exact) mass is 191 g/mol. The Balaban J connectivity index is 3.74. The van der Waals surface area contributed by atoms with Gasteiger partial charge in [-0.05, 0) is 19.9 Å². The van der Waals surface area contributed by atoms with Crippen molar-refractivity contribution in [2.45, 2.75) is 19.4 Å². The van der Waals surface area contributed by atoms with Crippen molar-refractivity contribution in [2.75, 3.05) is 6.54 Å². The number of terminal acetylenes is 1. The van der Waals surface area contributed by atoms with Crippen LogP contribution in [-0.2, 0) is 0 Å². The molecule has 11 heavy (non-hydrogen) atoms. The van der Waals surface area contributed by atoms with Crippen LogP contribution in [0.3, 0.4) is 0 Å². The van der Waals surface area contributed by atoms with Crippen LogP contribution in [0.5, 0.6) is 0 Å². The van der Waals surface area contributed by atoms with Crippen molar-refractivity contribution in [1.29, 1.82) is 0 Å². The molecule has 62 valence electrons. The van der Waals surface area contributed by atoms with Crippen LogP contribution in [0.2, 0.25) is 0 Å². The van der Waals surface area contributed by atoms with Crippen molar-refractivity contribution in [1.82, 2.24) is 5.32 Å². The molecule has 0 atom stereocenters. The maximum absolute atomic E-state index is 5.38. The molecule has 0 rings (SSSR count). The van der Waals surface area contributed by atoms with Gasteiger partial charge in [0.2, 0.25) is 0 Å². The summed E-state index contributed by atoms with van der Waals surface area (Å²) in [6.07, 6.45) is 6.88. The van der Waals surface area contributed by atoms with E-state index >= 15 is 0 Å². The minimum absolute atomic E-state index is 0.255. The van der Waals surface area contributed by atoms with Crippen LogP contribution in [0.4, 0.5) is 0 Å². The number of hydrogen-bond donors (Lipinski definition) is 1. The van der Waals surface area contributed by atoms with Crippen LogP contribution in [0.1, 0.15) is 13.8 Å². The number of rotatable bonds is 3. The molecular weight excluding hydrogens is 181 g/mol. The Morgan fingerprint density at radius 3 is 2.55 bits per heavy atom. The van der Waals surface area contributed by atoms with Gasteiger partial charge in [0.15, 0.2) is 0 Å². The average Bonchev–Trinajstić information content (AvgIpc) is 1.87. The highest BCUT2D eigenvalue weighted by Crippen LogP contribution is 2.05. The van der Waals surface area contributed by atoms with E-state index in [1.165, 1.54) is 0 Å². The van der Waals surface area contributed by atoms with E-state index in [2.05, 4.69) is 11.2 Å². The average molecular weight is 192 g/mol. The van der Waals surface area contributed by atoms with Gasteiger partial charge in [0, 0.05) is 6.54 Å². The highest BCUT2D eigenvalue weighted by atomic mass is 35.5. The lowest BCUT2D eigenvalue weighted by Crippen LogP contribution is -2.37. The molecule has 0 heterocycles. The molecule has 0 aromatic heterocycles. The van der Waals surface area contributed by atoms with Gasteiger partial charge in [0.05, 0.1) is 5.54 Å². The summed E-state index contributed by atoms with van der Waals surface area (Å²) in [6, 6.07) is 0. The first-order chi connectivity index (χ1) is 4.98. The zero-order valence-corrected chi connectivity index (χ0v) is 8.13. The molecule has 0 aliphatic rings. The van der Waals surface area contributed by atoms with Crippen molar-refractivity contribution in [3.05, 3.63) is 10.6 Å². The van der Waals surface area contributed by atoms with Gasteiger partial charge in [0.1, 0.15) is 4.49 Å². The second-order valence-corrected chi connectivity index (χ2v) is 3.65. The number of halogens is 2. The standard InChI is InChI=1S/C8H11Cl2N/c1-4-8(2,3)11-6-5-7(9)10/h1,5,11H,6H2,2-3H3. The largest absolute Gasteiger partial charge is 0.298 e. The summed E-state index contributed by atoms with van der Waals surface area (Å²) in [5.74, 6) is 2.59. The summed E-state index contributed by atoms with van der Waals surface area (Å²) in [4.78, 5) is 0. The maximum atomic E-state index is 5.38. The van der Waals surface area contributed by atoms with E-state index in [-0.39, 0.29) is 10.0 Å². The fourth-order valence-electron chi connectivity index (χ4n) is 0.434. The lowest BCUT2D eigenvalue weighted by Gasteiger charge is -2.17. The number of hydrogen-bond acceptors (Lipinski definition) is 1. The molecule has 0 amide bonds. The zero-order chi connectivity index (χ0) is 8.91. The molecule has 0 spiro atoms. The van der Waals surface area contributed by atoms with Gasteiger partial charge in [-0.1, -0.05) is 29.1 Å². The Kier molecular flexibility index (Phi) is 4.60. The van der Waals surface area contributed by atoms with Gasteiger partial charge in [-0.3, -0.25) is 5.32 Å². The smallest absolute Gasteiger partial charge is 0.104 e. The van der Waals surface area contributed by atoms with E-state index in [0.29, 0.717) is 6.54 Å². The summed E-state index contributed by atoms with van der Waals surface area (Å²) in [5.41, 5.74) is -0.306. The lowest BCUT2D eigenvalue weighted by atomic mass is 10.1. The SMILES string of the molecule is C#CC(C)(C)NCC=C(Cl)Cl. The summed E-state index contributed by atoms with van der Waals surface area (Å²) in [5, 5.41) is 3.06. The van der Waals surface area contributed by atoms with Crippen LogP contribution in [0.15, 0.2) is 10.6 Å². The molecule has 0 unspecified atom stereocenters. The van der Waals surface area contributed by atoms with Crippen molar-refractivity contribution in [2.24, 2.45) is 0 Å². The van der Waals surface area contributed by atoms with E-state index in [0.717, 1.165) is 0 Å². The normalized spacial score (nSPS) is 10.5. The van der Waals surface area contributed by atoms with E-state index in [1.807, 2.05) is 13.8 Å². The molecule has 0 radical (unpaired) electrons. The summed E-state index contributed by atoms with van der Waals surface area (Å²) < 4.78 is 0.255. The third-order valence-electron chi connectivity index (χ3n) is 1.16. The van der Waals surface area contributed by atoms with Crippen LogP contribution in [0.25, 0.3) is 0 Å². The zero-order valence-electron chi connectivity index (χ0n) is 6.62. The predicted octanol–water partition coefficient (Wildman–Crippen LogP) is 2.31. The highest BCUT2D eigenvalue weighted by Gasteiger charge is 2.10. The van der Waals surface area contributed by atoms with E-state index in [9.17, 15) is 0 Å². The minimum Gasteiger partial charge on any atom is -0.298 e. The summed E-state index contributed by atoms with van der Waals surface area (Å²) in [6.45, 7) is 4.39. The minimum atomic E-state index is -0.306. The third-order valence-corrected chi connectivity index (χ3v) is 1.47. The van der Waals surface area contributed by atoms with Crippen LogP contribution < -0.4 is 5.32 Å². The number of nitrogens with one attached hydrogen (secondary N) is 1. The second-order valence-electron chi connectivity index (χ2n) is 2.64. The van der Waals surface area contributed by atoms with Crippen molar-refractivity contribution in [3.63, 3.8) is 0 Å². The molecule has 3 heteroatoms. The molecule has 1 nitrogen and oxygen atoms in total. The molecule has 0 bridgehead atoms. The van der Waals surface area contributed by atoms with E-state index in [4.69, 9.17) is 29.6 Å². The molecule has 0 aromatic carbocycles. The van der Waals surface area contributed by atoms with Gasteiger partial charge < -0.3 is 0 Å². The first-order valence-corrected chi connectivity index (χ1v) is 3.97. The molecule has 0 aliphatic heterocycles. The van der Waals surface area contributed by atoms with Gasteiger partial charge in [-0.25, -0.2) is 0 Å². The first-order valence-electron chi connectivity index (χ1n) is 3.22. The summed E-state index contributed by atoms with van der Waals surface area (Å²) >= 11 is 10.8. The Morgan fingerprint density at radius 2 is 2.18 bits per heavy atom. The van der Waals surface area contributed by atoms with Crippen LogP contribution >= 0.6 is 23.2 Å². The van der Waals surface area contributed by atoms with Crippen molar-refractivity contribution < 1.29 is 0 Å². The predicted molar refractivity (Wildman–Crippen MR) is 50.7 cm³/mol. The lowest BCUT2D eigenvalue weighted by molar-refractivity contribution is 0.523. The Labute approximate surface area is 77.8 Å². The first kappa shape index (κ1) is 10.8. The molecule has 0 saturated heterocycles. The fraction of sp³-hybridized carbons (Fsp3) is 0.500. The molecule has 1 N–H and O–H groups in total. The van der Waals surface area contributed by atoms with Gasteiger partial charge in [-0.15, -0.1) is 6.42 Å². The van der Waals surface area contributed by atoms with Gasteiger partial charge in [-0.2, -0.15) is 0 Å². The van der Waals surface area contributed by atoms with E-state index in [1.54, 1.807) is 6.08 Å². The van der Waals surface area contributed by atoms with Crippen LogP contribution in [-0.4, -0.2) is 12.1 Å². The Hall–Kier alpha value is -0.160. The van der Waals surface area contributed by atoms with Crippen LogP contribution in [0, 0.1) is 12.3 Å². The highest BCUT2D eigenvalue weighted by molar-refractivity contribution is 6.55. The van der Waals surface area contributed by atoms with E-state index < -0.39 is 0 Å². The van der Waals surface area contributed by atoms with Crippen molar-refractivity contribution >= 4 is 23.2 Å². The molecular formula is C8H11Cl2N. The van der Waals surface area contributed by atoms with Gasteiger partial charge in [0.25, 0.3) is 0 Å². The van der Waals surface area contributed by atoms with Crippen molar-refractivity contribution in [3.8, 4) is 12.3 Å². The Bertz CT molecular complexity index is 185. The summed E-state index contributed by atoms with van der Waals surface area (Å²) in [7, 11) is 0. The fourth-order valence-corrected chi connectivity index (χ4v) is 0.589. The second kappa shape index (κ2) is 4.66. The molecule has 0 aromatic rings. The molecule has 0 saturated carbocycles. The Morgan fingerprint density at radius 1 is 1.64 bits per heavy atom.